The number of allylic oxidation sites excluding steroid dienone is 2. The van der Waals surface area contributed by atoms with E-state index in [0.717, 1.165) is 63.4 Å². The standard InChI is InChI=1S/C55H84ClNO15/c1-27-37(59)39(61)41(63)46(67-27)71-44-33(26-58)69-48(45(43(44)65)72-47-42(64)40(62)38(60)28(2)68-47)70-36-17-18-52(7)34(51(36,5)6)16-19-54(9)35(52)15-14-30-31-24-50(3,4)20-22-55(31,23-21-53(30,54)8)49(66)57-25-29-12-10-11-13-32(29)56/h10-14,27-28,31,33-48,58-65H,15-26H2,1-9H3,(H,57,66)/t27-,28-,31-,33+,34-,35+,36-,37-,38-,39+,40+,41+,42+,43-,44+,45+,46-,47-,48-,52-,53+,54+,55-/m0/s1. The zero-order valence-electron chi connectivity index (χ0n) is 43.7. The van der Waals surface area contributed by atoms with E-state index in [1.807, 2.05) is 24.3 Å². The van der Waals surface area contributed by atoms with Gasteiger partial charge in [0.05, 0.1) is 30.3 Å². The normalized spacial score (nSPS) is 49.8. The summed E-state index contributed by atoms with van der Waals surface area (Å²) >= 11 is 6.56. The fourth-order valence-corrected chi connectivity index (χ4v) is 16.3. The Morgan fingerprint density at radius 3 is 1.93 bits per heavy atom. The van der Waals surface area contributed by atoms with Crippen LogP contribution in [0.1, 0.15) is 132 Å². The van der Waals surface area contributed by atoms with E-state index in [9.17, 15) is 45.6 Å². The number of hydrogen-bond donors (Lipinski definition) is 9. The van der Waals surface area contributed by atoms with Gasteiger partial charge < -0.3 is 74.6 Å². The Hall–Kier alpha value is -1.84. The molecule has 7 fully saturated rings. The van der Waals surface area contributed by atoms with E-state index >= 15 is 0 Å². The van der Waals surface area contributed by atoms with E-state index in [1.54, 1.807) is 0 Å². The van der Waals surface area contributed by atoms with Gasteiger partial charge in [-0.3, -0.25) is 4.79 Å². The largest absolute Gasteiger partial charge is 0.394 e. The molecule has 3 aliphatic heterocycles. The molecule has 3 heterocycles. The molecule has 16 nitrogen and oxygen atoms in total. The minimum absolute atomic E-state index is 0.0511. The minimum Gasteiger partial charge on any atom is -0.394 e. The predicted octanol–water partition coefficient (Wildman–Crippen LogP) is 4.65. The number of halogens is 1. The second-order valence-corrected chi connectivity index (χ2v) is 25.8. The van der Waals surface area contributed by atoms with Crippen molar-refractivity contribution in [3.8, 4) is 0 Å². The van der Waals surface area contributed by atoms with Crippen molar-refractivity contribution in [2.45, 2.75) is 231 Å². The topological polar surface area (TPSA) is 246 Å². The number of carbonyl (C=O) groups is 1. The second kappa shape index (κ2) is 19.9. The van der Waals surface area contributed by atoms with Crippen LogP contribution in [-0.2, 0) is 39.8 Å². The van der Waals surface area contributed by atoms with Gasteiger partial charge in [-0.05, 0) is 135 Å². The van der Waals surface area contributed by atoms with Crippen LogP contribution in [0.2, 0.25) is 5.02 Å². The maximum Gasteiger partial charge on any atom is 0.227 e. The molecule has 0 bridgehead atoms. The molecule has 1 aromatic rings. The highest BCUT2D eigenvalue weighted by Crippen LogP contribution is 2.76. The molecule has 406 valence electrons. The molecule has 9 N–H and O–H groups in total. The van der Waals surface area contributed by atoms with Crippen LogP contribution in [0.15, 0.2) is 35.9 Å². The Morgan fingerprint density at radius 1 is 0.694 bits per heavy atom. The first-order valence-electron chi connectivity index (χ1n) is 26.8. The number of aliphatic hydroxyl groups is 8. The summed E-state index contributed by atoms with van der Waals surface area (Å²) < 4.78 is 37.4. The lowest BCUT2D eigenvalue weighted by atomic mass is 9.33. The molecule has 5 aliphatic carbocycles. The maximum atomic E-state index is 14.7. The molecule has 17 heteroatoms. The molecule has 0 spiro atoms. The van der Waals surface area contributed by atoms with E-state index in [-0.39, 0.29) is 39.4 Å². The summed E-state index contributed by atoms with van der Waals surface area (Å²) in [5, 5.41) is 91.2. The van der Waals surface area contributed by atoms with E-state index in [4.69, 9.17) is 40.0 Å². The van der Waals surface area contributed by atoms with Crippen LogP contribution in [0, 0.1) is 50.2 Å². The van der Waals surface area contributed by atoms with Crippen molar-refractivity contribution >= 4 is 17.5 Å². The van der Waals surface area contributed by atoms with Crippen LogP contribution in [-0.4, -0.2) is 152 Å². The quantitative estimate of drug-likeness (QED) is 0.114. The summed E-state index contributed by atoms with van der Waals surface area (Å²) in [6, 6.07) is 7.70. The minimum atomic E-state index is -1.74. The Balaban J connectivity index is 0.973. The molecule has 23 atom stereocenters. The van der Waals surface area contributed by atoms with Crippen molar-refractivity contribution in [2.75, 3.05) is 6.61 Å². The summed E-state index contributed by atoms with van der Waals surface area (Å²) in [5.41, 5.74) is 1.26. The Bertz CT molecular complexity index is 2160. The number of hydrogen-bond acceptors (Lipinski definition) is 15. The third-order valence-corrected chi connectivity index (χ3v) is 21.1. The van der Waals surface area contributed by atoms with Crippen molar-refractivity contribution in [1.29, 1.82) is 0 Å². The van der Waals surface area contributed by atoms with Gasteiger partial charge >= 0.3 is 0 Å². The highest BCUT2D eigenvalue weighted by atomic mass is 35.5. The van der Waals surface area contributed by atoms with Gasteiger partial charge in [-0.15, -0.1) is 0 Å². The number of nitrogens with one attached hydrogen (secondary N) is 1. The average molecular weight is 1030 g/mol. The van der Waals surface area contributed by atoms with Crippen molar-refractivity contribution in [2.24, 2.45) is 50.2 Å². The first-order valence-corrected chi connectivity index (χ1v) is 27.1. The Labute approximate surface area is 430 Å². The Kier molecular flexibility index (Phi) is 15.2. The van der Waals surface area contributed by atoms with E-state index in [2.05, 4.69) is 59.9 Å². The van der Waals surface area contributed by atoms with Gasteiger partial charge in [0, 0.05) is 11.6 Å². The number of carbonyl (C=O) groups excluding carboxylic acids is 1. The summed E-state index contributed by atoms with van der Waals surface area (Å²) in [7, 11) is 0. The number of aliphatic hydroxyl groups excluding tert-OH is 8. The molecule has 4 saturated carbocycles. The lowest BCUT2D eigenvalue weighted by Crippen LogP contribution is -2.68. The monoisotopic (exact) mass is 1030 g/mol. The van der Waals surface area contributed by atoms with E-state index < -0.39 is 116 Å². The van der Waals surface area contributed by atoms with Gasteiger partial charge in [-0.25, -0.2) is 0 Å². The van der Waals surface area contributed by atoms with Gasteiger partial charge in [0.15, 0.2) is 18.9 Å². The van der Waals surface area contributed by atoms with Gasteiger partial charge in [0.1, 0.15) is 61.0 Å². The molecule has 72 heavy (non-hydrogen) atoms. The zero-order valence-corrected chi connectivity index (χ0v) is 44.4. The lowest BCUT2D eigenvalue weighted by Gasteiger charge is -2.71. The molecule has 0 unspecified atom stereocenters. The number of rotatable bonds is 10. The van der Waals surface area contributed by atoms with Crippen molar-refractivity contribution < 1.29 is 74.1 Å². The Morgan fingerprint density at radius 2 is 1.31 bits per heavy atom. The van der Waals surface area contributed by atoms with Crippen LogP contribution < -0.4 is 5.32 Å². The van der Waals surface area contributed by atoms with Crippen LogP contribution in [0.3, 0.4) is 0 Å². The fraction of sp³-hybridized carbons (Fsp3) is 0.836. The third kappa shape index (κ3) is 8.97. The predicted molar refractivity (Wildman–Crippen MR) is 263 cm³/mol. The van der Waals surface area contributed by atoms with E-state index in [0.29, 0.717) is 23.9 Å². The summed E-state index contributed by atoms with van der Waals surface area (Å²) in [4.78, 5) is 14.7. The summed E-state index contributed by atoms with van der Waals surface area (Å²) in [6.07, 6.45) is -10.9. The molecule has 0 radical (unpaired) electrons. The molecular formula is C55H84ClNO15. The van der Waals surface area contributed by atoms with Gasteiger partial charge in [-0.1, -0.05) is 89.9 Å². The summed E-state index contributed by atoms with van der Waals surface area (Å²) in [6.45, 7) is 19.4. The van der Waals surface area contributed by atoms with Crippen molar-refractivity contribution in [1.82, 2.24) is 5.32 Å². The van der Waals surface area contributed by atoms with Crippen LogP contribution in [0.25, 0.3) is 0 Å². The van der Waals surface area contributed by atoms with Crippen molar-refractivity contribution in [3.05, 3.63) is 46.5 Å². The smallest absolute Gasteiger partial charge is 0.227 e. The van der Waals surface area contributed by atoms with Crippen LogP contribution >= 0.6 is 11.6 Å². The SMILES string of the molecule is C[C@@H]1O[C@@H](O[C@H]2[C@H](O[C@H]3CC[C@]4(C)[C@H]5CC=C6[C@@H]7CC(C)(C)CC[C@]7(C(=O)NCc7ccccc7Cl)CC[C@@]6(C)[C@]5(C)CC[C@H]4C3(C)C)O[C@H](CO)[C@@H](O[C@@H]3O[C@@H](C)[C@H](O)[C@@H](O)[C@H]3O)[C@@H]2O)[C@H](O)[C@H](O)[C@H]1O. The zero-order chi connectivity index (χ0) is 52.2. The maximum absolute atomic E-state index is 14.7. The fourth-order valence-electron chi connectivity index (χ4n) is 16.0. The lowest BCUT2D eigenvalue weighted by molar-refractivity contribution is -0.393. The first-order chi connectivity index (χ1) is 33.7. The van der Waals surface area contributed by atoms with Gasteiger partial charge in [-0.2, -0.15) is 0 Å². The van der Waals surface area contributed by atoms with Crippen molar-refractivity contribution in [3.63, 3.8) is 0 Å². The average Bonchev–Trinajstić information content (AvgIpc) is 3.33. The van der Waals surface area contributed by atoms with Crippen LogP contribution in [0.4, 0.5) is 0 Å². The number of benzene rings is 1. The molecule has 1 aromatic carbocycles. The summed E-state index contributed by atoms with van der Waals surface area (Å²) in [5.74, 6) is 0.804. The van der Waals surface area contributed by atoms with Gasteiger partial charge in [0.2, 0.25) is 5.91 Å². The molecule has 9 rings (SSSR count). The number of fused-ring (bicyclic) bond motifs is 7. The number of ether oxygens (including phenoxy) is 6. The third-order valence-electron chi connectivity index (χ3n) is 20.7. The molecule has 8 aliphatic rings. The second-order valence-electron chi connectivity index (χ2n) is 25.4. The molecule has 0 aromatic heterocycles. The molecule has 1 amide bonds. The van der Waals surface area contributed by atoms with Crippen LogP contribution in [0.5, 0.6) is 0 Å². The van der Waals surface area contributed by atoms with E-state index in [1.165, 1.54) is 19.4 Å². The first kappa shape index (κ1) is 54.9. The highest BCUT2D eigenvalue weighted by molar-refractivity contribution is 6.31. The highest BCUT2D eigenvalue weighted by Gasteiger charge is 2.70. The molecule has 3 saturated heterocycles. The van der Waals surface area contributed by atoms with Gasteiger partial charge in [0.25, 0.3) is 0 Å². The molecular weight excluding hydrogens is 950 g/mol. The number of amides is 1.